The minimum Gasteiger partial charge on any atom is -0.478 e. The first-order valence-corrected chi connectivity index (χ1v) is 4.60. The highest BCUT2D eigenvalue weighted by atomic mass is 16.4. The molecule has 0 amide bonds. The van der Waals surface area contributed by atoms with Crippen molar-refractivity contribution in [2.75, 3.05) is 6.54 Å². The number of carboxylic acids is 1. The lowest BCUT2D eigenvalue weighted by molar-refractivity contribution is -0.131. The molecule has 0 aliphatic heterocycles. The molecule has 0 aliphatic carbocycles. The van der Waals surface area contributed by atoms with Gasteiger partial charge in [0, 0.05) is 18.7 Å². The first-order valence-electron chi connectivity index (χ1n) is 4.60. The average Bonchev–Trinajstić information content (AvgIpc) is 2.25. The second kappa shape index (κ2) is 5.29. The molecule has 0 aliphatic rings. The van der Waals surface area contributed by atoms with Crippen molar-refractivity contribution in [1.29, 1.82) is 0 Å². The predicted octanol–water partition coefficient (Wildman–Crippen LogP) is 0.743. The summed E-state index contributed by atoms with van der Waals surface area (Å²) in [5.41, 5.74) is 12.9. The molecule has 15 heavy (non-hydrogen) atoms. The van der Waals surface area contributed by atoms with E-state index in [1.165, 1.54) is 6.08 Å². The number of nitrogens with two attached hydrogens (primary N) is 2. The third-order valence-corrected chi connectivity index (χ3v) is 2.05. The Bertz CT molecular complexity index is 375. The molecule has 4 heteroatoms. The lowest BCUT2D eigenvalue weighted by atomic mass is 10.0. The van der Waals surface area contributed by atoms with Crippen LogP contribution in [0.1, 0.15) is 17.2 Å². The molecule has 5 N–H and O–H groups in total. The molecular weight excluding hydrogens is 192 g/mol. The molecule has 1 aromatic rings. The monoisotopic (exact) mass is 206 g/mol. The van der Waals surface area contributed by atoms with Gasteiger partial charge in [0.1, 0.15) is 0 Å². The summed E-state index contributed by atoms with van der Waals surface area (Å²) in [5, 5.41) is 8.52. The number of carbonyl (C=O) groups is 1. The fourth-order valence-electron chi connectivity index (χ4n) is 1.29. The quantitative estimate of drug-likeness (QED) is 0.634. The van der Waals surface area contributed by atoms with Crippen LogP contribution in [0.3, 0.4) is 0 Å². The maximum Gasteiger partial charge on any atom is 0.328 e. The first kappa shape index (κ1) is 11.4. The Morgan fingerprint density at radius 1 is 1.47 bits per heavy atom. The fourth-order valence-corrected chi connectivity index (χ4v) is 1.29. The van der Waals surface area contributed by atoms with E-state index >= 15 is 0 Å². The molecule has 0 unspecified atom stereocenters. The number of benzene rings is 1. The van der Waals surface area contributed by atoms with Gasteiger partial charge in [-0.3, -0.25) is 0 Å². The van der Waals surface area contributed by atoms with Crippen LogP contribution in [-0.4, -0.2) is 17.6 Å². The van der Waals surface area contributed by atoms with Gasteiger partial charge in [-0.05, 0) is 17.2 Å². The van der Waals surface area contributed by atoms with Gasteiger partial charge in [-0.25, -0.2) is 4.79 Å². The van der Waals surface area contributed by atoms with Gasteiger partial charge in [0.15, 0.2) is 0 Å². The Morgan fingerprint density at radius 2 is 2.13 bits per heavy atom. The highest BCUT2D eigenvalue weighted by Gasteiger charge is 2.06. The van der Waals surface area contributed by atoms with E-state index in [2.05, 4.69) is 0 Å². The summed E-state index contributed by atoms with van der Waals surface area (Å²) in [6.45, 7) is 0.331. The van der Waals surface area contributed by atoms with E-state index in [4.69, 9.17) is 16.6 Å². The Morgan fingerprint density at radius 3 is 2.73 bits per heavy atom. The Kier molecular flexibility index (Phi) is 4.03. The summed E-state index contributed by atoms with van der Waals surface area (Å²) in [6, 6.07) is 7.07. The summed E-state index contributed by atoms with van der Waals surface area (Å²) in [5.74, 6) is -0.980. The topological polar surface area (TPSA) is 89.3 Å². The van der Waals surface area contributed by atoms with Gasteiger partial charge in [0.25, 0.3) is 0 Å². The molecule has 0 spiro atoms. The second-order valence-electron chi connectivity index (χ2n) is 3.14. The van der Waals surface area contributed by atoms with E-state index in [1.807, 2.05) is 24.3 Å². The third kappa shape index (κ3) is 3.19. The molecule has 0 aromatic heterocycles. The maximum atomic E-state index is 10.4. The minimum atomic E-state index is -0.980. The van der Waals surface area contributed by atoms with Crippen molar-refractivity contribution in [3.8, 4) is 0 Å². The van der Waals surface area contributed by atoms with Crippen LogP contribution in [0.4, 0.5) is 0 Å². The number of aliphatic carboxylic acids is 1. The van der Waals surface area contributed by atoms with Gasteiger partial charge in [-0.1, -0.05) is 24.3 Å². The zero-order valence-electron chi connectivity index (χ0n) is 8.26. The lowest BCUT2D eigenvalue weighted by Crippen LogP contribution is -2.21. The van der Waals surface area contributed by atoms with Crippen LogP contribution in [0.25, 0.3) is 6.08 Å². The minimum absolute atomic E-state index is 0.264. The van der Waals surface area contributed by atoms with Crippen molar-refractivity contribution in [2.24, 2.45) is 11.5 Å². The van der Waals surface area contributed by atoms with Gasteiger partial charge >= 0.3 is 5.97 Å². The number of hydrogen-bond acceptors (Lipinski definition) is 3. The van der Waals surface area contributed by atoms with Crippen molar-refractivity contribution >= 4 is 12.0 Å². The van der Waals surface area contributed by atoms with Crippen LogP contribution in [0.2, 0.25) is 0 Å². The maximum absolute atomic E-state index is 10.4. The van der Waals surface area contributed by atoms with Crippen molar-refractivity contribution in [3.05, 3.63) is 41.5 Å². The number of rotatable bonds is 4. The predicted molar refractivity (Wildman–Crippen MR) is 59.1 cm³/mol. The number of carboxylic acid groups (broad SMARTS) is 1. The average molecular weight is 206 g/mol. The van der Waals surface area contributed by atoms with Crippen LogP contribution in [0, 0.1) is 0 Å². The first-order chi connectivity index (χ1) is 7.15. The van der Waals surface area contributed by atoms with E-state index in [1.54, 1.807) is 0 Å². The SMILES string of the molecule is NC[C@H](N)c1ccccc1/C=C/C(=O)O. The van der Waals surface area contributed by atoms with Gasteiger partial charge < -0.3 is 16.6 Å². The zero-order chi connectivity index (χ0) is 11.3. The van der Waals surface area contributed by atoms with Crippen LogP contribution in [0.5, 0.6) is 0 Å². The van der Waals surface area contributed by atoms with Gasteiger partial charge in [-0.2, -0.15) is 0 Å². The third-order valence-electron chi connectivity index (χ3n) is 2.05. The summed E-state index contributed by atoms with van der Waals surface area (Å²) in [6.07, 6.45) is 2.61. The Labute approximate surface area is 88.2 Å². The van der Waals surface area contributed by atoms with Gasteiger partial charge in [0.05, 0.1) is 0 Å². The smallest absolute Gasteiger partial charge is 0.328 e. The van der Waals surface area contributed by atoms with Crippen molar-refractivity contribution in [2.45, 2.75) is 6.04 Å². The lowest BCUT2D eigenvalue weighted by Gasteiger charge is -2.11. The second-order valence-corrected chi connectivity index (χ2v) is 3.14. The summed E-state index contributed by atoms with van der Waals surface area (Å²) in [7, 11) is 0. The normalized spacial score (nSPS) is 12.9. The molecule has 0 saturated carbocycles. The van der Waals surface area contributed by atoms with Crippen LogP contribution in [0.15, 0.2) is 30.3 Å². The largest absolute Gasteiger partial charge is 0.478 e. The van der Waals surface area contributed by atoms with Gasteiger partial charge in [0.2, 0.25) is 0 Å². The molecule has 0 bridgehead atoms. The standard InChI is InChI=1S/C11H14N2O2/c12-7-10(13)9-4-2-1-3-8(9)5-6-11(14)15/h1-6,10H,7,12-13H2,(H,14,15)/b6-5+/t10-/m0/s1. The van der Waals surface area contributed by atoms with Crippen LogP contribution < -0.4 is 11.5 Å². The highest BCUT2D eigenvalue weighted by molar-refractivity contribution is 5.85. The molecule has 0 radical (unpaired) electrons. The molecule has 4 nitrogen and oxygen atoms in total. The molecule has 1 atom stereocenters. The van der Waals surface area contributed by atoms with Crippen molar-refractivity contribution in [1.82, 2.24) is 0 Å². The van der Waals surface area contributed by atoms with Crippen LogP contribution >= 0.6 is 0 Å². The molecule has 0 fully saturated rings. The van der Waals surface area contributed by atoms with E-state index < -0.39 is 5.97 Å². The van der Waals surface area contributed by atoms with Gasteiger partial charge in [-0.15, -0.1) is 0 Å². The van der Waals surface area contributed by atoms with E-state index in [0.29, 0.717) is 6.54 Å². The zero-order valence-corrected chi connectivity index (χ0v) is 8.26. The molecular formula is C11H14N2O2. The number of hydrogen-bond donors (Lipinski definition) is 3. The van der Waals surface area contributed by atoms with Crippen LogP contribution in [-0.2, 0) is 4.79 Å². The molecule has 0 heterocycles. The molecule has 1 aromatic carbocycles. The summed E-state index contributed by atoms with van der Waals surface area (Å²) in [4.78, 5) is 10.4. The molecule has 80 valence electrons. The molecule has 0 saturated heterocycles. The fraction of sp³-hybridized carbons (Fsp3) is 0.182. The molecule has 1 rings (SSSR count). The summed E-state index contributed by atoms with van der Waals surface area (Å²) >= 11 is 0. The Hall–Kier alpha value is -1.65. The van der Waals surface area contributed by atoms with E-state index in [0.717, 1.165) is 17.2 Å². The summed E-state index contributed by atoms with van der Waals surface area (Å²) < 4.78 is 0. The van der Waals surface area contributed by atoms with E-state index in [9.17, 15) is 4.79 Å². The highest BCUT2D eigenvalue weighted by Crippen LogP contribution is 2.16. The van der Waals surface area contributed by atoms with Crippen molar-refractivity contribution < 1.29 is 9.90 Å². The van der Waals surface area contributed by atoms with E-state index in [-0.39, 0.29) is 6.04 Å². The Balaban J connectivity index is 3.01. The van der Waals surface area contributed by atoms with Crippen molar-refractivity contribution in [3.63, 3.8) is 0 Å².